The number of furan rings is 1. The fourth-order valence-corrected chi connectivity index (χ4v) is 5.59. The number of aryl methyl sites for hydroxylation is 1. The third-order valence-electron chi connectivity index (χ3n) is 7.25. The zero-order valence-corrected chi connectivity index (χ0v) is 18.3. The van der Waals surface area contributed by atoms with Gasteiger partial charge in [0, 0.05) is 31.9 Å². The number of amides is 4. The Balaban J connectivity index is 1.29. The van der Waals surface area contributed by atoms with Gasteiger partial charge in [0.15, 0.2) is 0 Å². The molecule has 170 valence electrons. The topological polar surface area (TPSA) is 122 Å². The molecular formula is C23H29N5O4. The van der Waals surface area contributed by atoms with Crippen LogP contribution in [0, 0.1) is 24.7 Å². The molecule has 5 rings (SSSR count). The van der Waals surface area contributed by atoms with Crippen LogP contribution in [0.15, 0.2) is 16.5 Å². The molecule has 2 saturated heterocycles. The van der Waals surface area contributed by atoms with Gasteiger partial charge in [0.2, 0.25) is 17.4 Å². The van der Waals surface area contributed by atoms with Crippen LogP contribution < -0.4 is 11.1 Å². The summed E-state index contributed by atoms with van der Waals surface area (Å²) in [4.78, 5) is 46.1. The molecule has 3 unspecified atom stereocenters. The summed E-state index contributed by atoms with van der Waals surface area (Å²) in [6.45, 7) is 4.46. The Bertz CT molecular complexity index is 1070. The van der Waals surface area contributed by atoms with Crippen LogP contribution in [-0.2, 0) is 4.79 Å². The molecule has 0 radical (unpaired) electrons. The SMILES string of the molecule is Cc1ccc2c(NC(=O)N3CCCC(C(=O)N4CC5CCCC5C4)C3)c(C(N)=O)oc2n1. The van der Waals surface area contributed by atoms with Crippen molar-refractivity contribution in [2.24, 2.45) is 23.5 Å². The van der Waals surface area contributed by atoms with E-state index in [2.05, 4.69) is 10.3 Å². The van der Waals surface area contributed by atoms with Crippen LogP contribution >= 0.6 is 0 Å². The third kappa shape index (κ3) is 3.69. The molecule has 0 bridgehead atoms. The number of likely N-dealkylation sites (tertiary alicyclic amines) is 2. The number of primary amides is 1. The van der Waals surface area contributed by atoms with Gasteiger partial charge < -0.3 is 25.3 Å². The standard InChI is InChI=1S/C23H29N5O4/c1-13-7-8-17-18(19(20(24)29)32-21(17)25-13)26-23(31)27-9-3-6-16(12-27)22(30)28-10-14-4-2-5-15(14)11-28/h7-8,14-16H,2-6,9-12H2,1H3,(H2,24,29)(H,26,31). The largest absolute Gasteiger partial charge is 0.430 e. The maximum atomic E-state index is 13.1. The van der Waals surface area contributed by atoms with Gasteiger partial charge in [-0.1, -0.05) is 6.42 Å². The van der Waals surface area contributed by atoms with E-state index >= 15 is 0 Å². The highest BCUT2D eigenvalue weighted by Crippen LogP contribution is 2.38. The molecule has 32 heavy (non-hydrogen) atoms. The van der Waals surface area contributed by atoms with Crippen LogP contribution in [-0.4, -0.2) is 58.8 Å². The fraction of sp³-hybridized carbons (Fsp3) is 0.565. The summed E-state index contributed by atoms with van der Waals surface area (Å²) >= 11 is 0. The lowest BCUT2D eigenvalue weighted by molar-refractivity contribution is -0.136. The van der Waals surface area contributed by atoms with Gasteiger partial charge >= 0.3 is 6.03 Å². The van der Waals surface area contributed by atoms with Crippen molar-refractivity contribution >= 4 is 34.6 Å². The van der Waals surface area contributed by atoms with E-state index in [0.717, 1.165) is 31.6 Å². The number of hydrogen-bond donors (Lipinski definition) is 2. The Morgan fingerprint density at radius 2 is 1.81 bits per heavy atom. The van der Waals surface area contributed by atoms with E-state index in [4.69, 9.17) is 10.2 Å². The molecule has 1 aliphatic carbocycles. The second kappa shape index (κ2) is 8.11. The highest BCUT2D eigenvalue weighted by Gasteiger charge is 2.41. The maximum Gasteiger partial charge on any atom is 0.321 e. The number of rotatable bonds is 3. The third-order valence-corrected chi connectivity index (χ3v) is 7.25. The number of carbonyl (C=O) groups is 3. The highest BCUT2D eigenvalue weighted by atomic mass is 16.4. The van der Waals surface area contributed by atoms with Crippen LogP contribution in [0.4, 0.5) is 10.5 Å². The lowest BCUT2D eigenvalue weighted by atomic mass is 9.96. The summed E-state index contributed by atoms with van der Waals surface area (Å²) in [5.74, 6) is 0.390. The average molecular weight is 440 g/mol. The number of aromatic nitrogens is 1. The Morgan fingerprint density at radius 3 is 2.53 bits per heavy atom. The van der Waals surface area contributed by atoms with Crippen molar-refractivity contribution in [3.63, 3.8) is 0 Å². The van der Waals surface area contributed by atoms with E-state index in [1.54, 1.807) is 17.0 Å². The Hall–Kier alpha value is -3.10. The molecule has 0 spiro atoms. The predicted octanol–water partition coefficient (Wildman–Crippen LogP) is 2.74. The lowest BCUT2D eigenvalue weighted by Gasteiger charge is -2.34. The van der Waals surface area contributed by atoms with E-state index in [1.807, 2.05) is 11.8 Å². The zero-order chi connectivity index (χ0) is 22.4. The van der Waals surface area contributed by atoms with Gasteiger partial charge in [0.1, 0.15) is 5.69 Å². The second-order valence-electron chi connectivity index (χ2n) is 9.39. The molecule has 3 atom stereocenters. The second-order valence-corrected chi connectivity index (χ2v) is 9.39. The van der Waals surface area contributed by atoms with Gasteiger partial charge in [-0.15, -0.1) is 0 Å². The summed E-state index contributed by atoms with van der Waals surface area (Å²) in [5, 5.41) is 3.31. The number of piperidine rings is 1. The van der Waals surface area contributed by atoms with Gasteiger partial charge in [0.05, 0.1) is 11.3 Å². The number of pyridine rings is 1. The number of hydrogen-bond acceptors (Lipinski definition) is 5. The number of carbonyl (C=O) groups excluding carboxylic acids is 3. The van der Waals surface area contributed by atoms with E-state index in [9.17, 15) is 14.4 Å². The summed E-state index contributed by atoms with van der Waals surface area (Å²) in [6.07, 6.45) is 5.28. The summed E-state index contributed by atoms with van der Waals surface area (Å²) in [7, 11) is 0. The molecule has 9 nitrogen and oxygen atoms in total. The molecule has 9 heteroatoms. The molecule has 3 fully saturated rings. The van der Waals surface area contributed by atoms with Gasteiger partial charge in [0.25, 0.3) is 5.91 Å². The average Bonchev–Trinajstić information content (AvgIpc) is 3.47. The number of fused-ring (bicyclic) bond motifs is 2. The predicted molar refractivity (Wildman–Crippen MR) is 118 cm³/mol. The molecule has 1 saturated carbocycles. The van der Waals surface area contributed by atoms with Crippen molar-refractivity contribution in [1.82, 2.24) is 14.8 Å². The number of nitrogens with two attached hydrogens (primary N) is 1. The van der Waals surface area contributed by atoms with E-state index < -0.39 is 5.91 Å². The van der Waals surface area contributed by atoms with Gasteiger partial charge in [-0.2, -0.15) is 0 Å². The molecule has 2 aromatic heterocycles. The first kappa shape index (κ1) is 20.8. The number of nitrogens with zero attached hydrogens (tertiary/aromatic N) is 3. The molecule has 2 aromatic rings. The van der Waals surface area contributed by atoms with Gasteiger partial charge in [-0.3, -0.25) is 9.59 Å². The monoisotopic (exact) mass is 439 g/mol. The number of anilines is 1. The molecular weight excluding hydrogens is 410 g/mol. The Labute approximate surface area is 186 Å². The minimum absolute atomic E-state index is 0.125. The minimum atomic E-state index is -0.776. The molecule has 2 aliphatic heterocycles. The Kier molecular flexibility index (Phi) is 5.27. The molecule has 0 aromatic carbocycles. The van der Waals surface area contributed by atoms with Crippen LogP contribution in [0.2, 0.25) is 0 Å². The van der Waals surface area contributed by atoms with Crippen LogP contribution in [0.5, 0.6) is 0 Å². The van der Waals surface area contributed by atoms with Crippen molar-refractivity contribution in [2.45, 2.75) is 39.0 Å². The van der Waals surface area contributed by atoms with Crippen molar-refractivity contribution in [3.8, 4) is 0 Å². The van der Waals surface area contributed by atoms with E-state index in [-0.39, 0.29) is 35.0 Å². The minimum Gasteiger partial charge on any atom is -0.430 e. The number of nitrogens with one attached hydrogen (secondary N) is 1. The summed E-state index contributed by atoms with van der Waals surface area (Å²) < 4.78 is 5.51. The first-order valence-electron chi connectivity index (χ1n) is 11.5. The first-order valence-corrected chi connectivity index (χ1v) is 11.5. The summed E-state index contributed by atoms with van der Waals surface area (Å²) in [5.41, 5.74) is 6.67. The normalized spacial score (nSPS) is 25.2. The van der Waals surface area contributed by atoms with Crippen LogP contribution in [0.1, 0.15) is 48.4 Å². The smallest absolute Gasteiger partial charge is 0.321 e. The molecule has 3 N–H and O–H groups in total. The van der Waals surface area contributed by atoms with Gasteiger partial charge in [-0.05, 0) is 56.6 Å². The van der Waals surface area contributed by atoms with E-state index in [0.29, 0.717) is 30.3 Å². The van der Waals surface area contributed by atoms with Crippen molar-refractivity contribution < 1.29 is 18.8 Å². The fourth-order valence-electron chi connectivity index (χ4n) is 5.59. The maximum absolute atomic E-state index is 13.1. The van der Waals surface area contributed by atoms with Crippen molar-refractivity contribution in [3.05, 3.63) is 23.6 Å². The quantitative estimate of drug-likeness (QED) is 0.761. The summed E-state index contributed by atoms with van der Waals surface area (Å²) in [6, 6.07) is 3.15. The molecule has 3 aliphatic rings. The first-order chi connectivity index (χ1) is 15.4. The van der Waals surface area contributed by atoms with Crippen molar-refractivity contribution in [2.75, 3.05) is 31.5 Å². The molecule has 4 amide bonds. The van der Waals surface area contributed by atoms with E-state index in [1.165, 1.54) is 19.3 Å². The van der Waals surface area contributed by atoms with Crippen LogP contribution in [0.3, 0.4) is 0 Å². The Morgan fingerprint density at radius 1 is 1.06 bits per heavy atom. The van der Waals surface area contributed by atoms with Gasteiger partial charge in [-0.25, -0.2) is 9.78 Å². The molecule has 4 heterocycles. The van der Waals surface area contributed by atoms with Crippen molar-refractivity contribution in [1.29, 1.82) is 0 Å². The highest BCUT2D eigenvalue weighted by molar-refractivity contribution is 6.09. The van der Waals surface area contributed by atoms with Crippen LogP contribution in [0.25, 0.3) is 11.1 Å². The number of urea groups is 1. The zero-order valence-electron chi connectivity index (χ0n) is 18.3. The lowest BCUT2D eigenvalue weighted by Crippen LogP contribution is -2.47.